The number of nitrogens with zero attached hydrogens (tertiary/aromatic N) is 5. The summed E-state index contributed by atoms with van der Waals surface area (Å²) in [4.78, 5) is 21.4. The molecule has 0 spiro atoms. The highest BCUT2D eigenvalue weighted by Crippen LogP contribution is 2.18. The van der Waals surface area contributed by atoms with Crippen LogP contribution in [0.4, 0.5) is 10.5 Å². The molecule has 0 aliphatic rings. The zero-order valence-electron chi connectivity index (χ0n) is 16.6. The van der Waals surface area contributed by atoms with Crippen molar-refractivity contribution in [3.05, 3.63) is 41.7 Å². The minimum atomic E-state index is -0.324. The van der Waals surface area contributed by atoms with Crippen molar-refractivity contribution in [1.82, 2.24) is 30.0 Å². The fourth-order valence-electron chi connectivity index (χ4n) is 2.89. The summed E-state index contributed by atoms with van der Waals surface area (Å²) in [7, 11) is 1.67. The van der Waals surface area contributed by atoms with Crippen molar-refractivity contribution in [3.8, 4) is 0 Å². The first-order valence-corrected chi connectivity index (χ1v) is 9.17. The molecule has 1 aromatic carbocycles. The first kappa shape index (κ1) is 19.7. The zero-order chi connectivity index (χ0) is 20.1. The number of ether oxygens (including phenoxy) is 1. The number of amides is 2. The third kappa shape index (κ3) is 4.61. The lowest BCUT2D eigenvalue weighted by Gasteiger charge is -2.15. The summed E-state index contributed by atoms with van der Waals surface area (Å²) in [5, 5.41) is 13.8. The molecule has 0 aliphatic heterocycles. The van der Waals surface area contributed by atoms with Gasteiger partial charge in [0.2, 0.25) is 0 Å². The van der Waals surface area contributed by atoms with Crippen molar-refractivity contribution in [3.63, 3.8) is 0 Å². The van der Waals surface area contributed by atoms with Gasteiger partial charge in [-0.2, -0.15) is 0 Å². The Kier molecular flexibility index (Phi) is 6.15. The molecule has 3 rings (SSSR count). The standard InChI is InChI=1S/C19H25N7O2/c1-12-13(2)22-17-10-15(6-7-16(17)21-12)24-19(27)23-14(3)18-25-20-11-26(18)8-5-9-28-4/h6-7,10-11,14H,5,8-9H2,1-4H3,(H2,23,24,27)/t14-/m0/s1. The van der Waals surface area contributed by atoms with Gasteiger partial charge >= 0.3 is 6.03 Å². The molecule has 0 unspecified atom stereocenters. The fourth-order valence-corrected chi connectivity index (χ4v) is 2.89. The molecule has 0 bridgehead atoms. The summed E-state index contributed by atoms with van der Waals surface area (Å²) in [6.45, 7) is 7.10. The molecule has 9 heteroatoms. The van der Waals surface area contributed by atoms with Crippen LogP contribution < -0.4 is 10.6 Å². The van der Waals surface area contributed by atoms with Crippen molar-refractivity contribution in [2.75, 3.05) is 19.0 Å². The number of rotatable bonds is 7. The molecule has 2 aromatic heterocycles. The molecule has 2 N–H and O–H groups in total. The van der Waals surface area contributed by atoms with Gasteiger partial charge in [-0.15, -0.1) is 10.2 Å². The molecule has 1 atom stereocenters. The van der Waals surface area contributed by atoms with E-state index in [1.807, 2.05) is 43.5 Å². The van der Waals surface area contributed by atoms with Crippen LogP contribution in [0, 0.1) is 13.8 Å². The molecular weight excluding hydrogens is 358 g/mol. The molecule has 2 amide bonds. The lowest BCUT2D eigenvalue weighted by Crippen LogP contribution is -2.32. The summed E-state index contributed by atoms with van der Waals surface area (Å²) in [5.41, 5.74) is 3.96. The van der Waals surface area contributed by atoms with E-state index in [0.717, 1.165) is 35.4 Å². The Balaban J connectivity index is 1.64. The molecular formula is C19H25N7O2. The quantitative estimate of drug-likeness (QED) is 0.608. The smallest absolute Gasteiger partial charge is 0.319 e. The maximum atomic E-state index is 12.4. The molecule has 0 radical (unpaired) electrons. The molecule has 0 saturated carbocycles. The van der Waals surface area contributed by atoms with E-state index in [1.54, 1.807) is 13.4 Å². The van der Waals surface area contributed by atoms with Crippen LogP contribution in [0.25, 0.3) is 11.0 Å². The van der Waals surface area contributed by atoms with Crippen LogP contribution in [-0.4, -0.2) is 44.5 Å². The highest BCUT2D eigenvalue weighted by atomic mass is 16.5. The van der Waals surface area contributed by atoms with Gasteiger partial charge in [0.15, 0.2) is 5.82 Å². The van der Waals surface area contributed by atoms with E-state index in [4.69, 9.17) is 4.74 Å². The third-order valence-corrected chi connectivity index (χ3v) is 4.46. The van der Waals surface area contributed by atoms with E-state index in [2.05, 4.69) is 30.8 Å². The second-order valence-electron chi connectivity index (χ2n) is 6.65. The number of methoxy groups -OCH3 is 1. The van der Waals surface area contributed by atoms with Gasteiger partial charge in [0, 0.05) is 25.9 Å². The molecule has 0 aliphatic carbocycles. The number of carbonyl (C=O) groups excluding carboxylic acids is 1. The van der Waals surface area contributed by atoms with E-state index < -0.39 is 0 Å². The first-order valence-electron chi connectivity index (χ1n) is 9.17. The van der Waals surface area contributed by atoms with Gasteiger partial charge < -0.3 is 19.9 Å². The number of hydrogen-bond donors (Lipinski definition) is 2. The second-order valence-corrected chi connectivity index (χ2v) is 6.65. The van der Waals surface area contributed by atoms with E-state index in [1.165, 1.54) is 0 Å². The highest BCUT2D eigenvalue weighted by molar-refractivity contribution is 5.92. The Morgan fingerprint density at radius 1 is 1.21 bits per heavy atom. The number of fused-ring (bicyclic) bond motifs is 1. The van der Waals surface area contributed by atoms with Crippen molar-refractivity contribution < 1.29 is 9.53 Å². The SMILES string of the molecule is COCCCn1cnnc1[C@H](C)NC(=O)Nc1ccc2nc(C)c(C)nc2c1. The van der Waals surface area contributed by atoms with Crippen LogP contribution in [0.1, 0.15) is 36.6 Å². The van der Waals surface area contributed by atoms with Crippen LogP contribution in [0.5, 0.6) is 0 Å². The Hall–Kier alpha value is -3.07. The minimum Gasteiger partial charge on any atom is -0.385 e. The highest BCUT2D eigenvalue weighted by Gasteiger charge is 2.16. The van der Waals surface area contributed by atoms with Crippen LogP contribution in [-0.2, 0) is 11.3 Å². The Labute approximate surface area is 163 Å². The maximum Gasteiger partial charge on any atom is 0.319 e. The number of anilines is 1. The lowest BCUT2D eigenvalue weighted by molar-refractivity contribution is 0.189. The van der Waals surface area contributed by atoms with E-state index in [0.29, 0.717) is 18.1 Å². The van der Waals surface area contributed by atoms with Gasteiger partial charge in [0.05, 0.1) is 28.5 Å². The van der Waals surface area contributed by atoms with Gasteiger partial charge in [-0.25, -0.2) is 14.8 Å². The second kappa shape index (κ2) is 8.75. The lowest BCUT2D eigenvalue weighted by atomic mass is 10.2. The molecule has 2 heterocycles. The number of urea groups is 1. The average Bonchev–Trinajstić information content (AvgIpc) is 3.12. The number of hydrogen-bond acceptors (Lipinski definition) is 6. The molecule has 28 heavy (non-hydrogen) atoms. The van der Waals surface area contributed by atoms with Gasteiger partial charge in [-0.3, -0.25) is 0 Å². The van der Waals surface area contributed by atoms with Crippen molar-refractivity contribution in [2.24, 2.45) is 0 Å². The normalized spacial score (nSPS) is 12.1. The minimum absolute atomic E-state index is 0.296. The number of nitrogens with one attached hydrogen (secondary N) is 2. The third-order valence-electron chi connectivity index (χ3n) is 4.46. The summed E-state index contributed by atoms with van der Waals surface area (Å²) >= 11 is 0. The first-order chi connectivity index (χ1) is 13.5. The van der Waals surface area contributed by atoms with E-state index in [9.17, 15) is 4.79 Å². The van der Waals surface area contributed by atoms with Crippen molar-refractivity contribution in [1.29, 1.82) is 0 Å². The predicted octanol–water partition coefficient (Wildman–Crippen LogP) is 2.76. The van der Waals surface area contributed by atoms with Crippen LogP contribution in [0.3, 0.4) is 0 Å². The number of benzene rings is 1. The summed E-state index contributed by atoms with van der Waals surface area (Å²) in [5.74, 6) is 0.696. The van der Waals surface area contributed by atoms with Gasteiger partial charge in [0.1, 0.15) is 6.33 Å². The number of aryl methyl sites for hydroxylation is 3. The average molecular weight is 383 g/mol. The van der Waals surface area contributed by atoms with Gasteiger partial charge in [-0.05, 0) is 45.4 Å². The summed E-state index contributed by atoms with van der Waals surface area (Å²) in [6, 6.07) is 4.85. The molecule has 0 fully saturated rings. The van der Waals surface area contributed by atoms with Crippen LogP contribution in [0.2, 0.25) is 0 Å². The fraction of sp³-hybridized carbons (Fsp3) is 0.421. The number of carbonyl (C=O) groups is 1. The van der Waals surface area contributed by atoms with E-state index >= 15 is 0 Å². The van der Waals surface area contributed by atoms with Crippen molar-refractivity contribution >= 4 is 22.8 Å². The van der Waals surface area contributed by atoms with Crippen LogP contribution in [0.15, 0.2) is 24.5 Å². The van der Waals surface area contributed by atoms with Gasteiger partial charge in [-0.1, -0.05) is 0 Å². The Morgan fingerprint density at radius 3 is 2.71 bits per heavy atom. The topological polar surface area (TPSA) is 107 Å². The molecule has 0 saturated heterocycles. The number of aromatic nitrogens is 5. The largest absolute Gasteiger partial charge is 0.385 e. The monoisotopic (exact) mass is 383 g/mol. The Bertz CT molecular complexity index is 970. The van der Waals surface area contributed by atoms with Gasteiger partial charge in [0.25, 0.3) is 0 Å². The summed E-state index contributed by atoms with van der Waals surface area (Å²) < 4.78 is 6.99. The van der Waals surface area contributed by atoms with Crippen LogP contribution >= 0.6 is 0 Å². The van der Waals surface area contributed by atoms with E-state index in [-0.39, 0.29) is 12.1 Å². The maximum absolute atomic E-state index is 12.4. The molecule has 3 aromatic rings. The molecule has 9 nitrogen and oxygen atoms in total. The molecule has 148 valence electrons. The van der Waals surface area contributed by atoms with Crippen molar-refractivity contribution in [2.45, 2.75) is 39.8 Å². The summed E-state index contributed by atoms with van der Waals surface area (Å²) in [6.07, 6.45) is 2.50. The zero-order valence-corrected chi connectivity index (χ0v) is 16.6. The Morgan fingerprint density at radius 2 is 1.96 bits per heavy atom. The predicted molar refractivity (Wildman–Crippen MR) is 106 cm³/mol.